The molecule has 4 nitrogen and oxygen atoms in total. The van der Waals surface area contributed by atoms with Gasteiger partial charge < -0.3 is 9.64 Å². The fourth-order valence-corrected chi connectivity index (χ4v) is 3.53. The van der Waals surface area contributed by atoms with Crippen LogP contribution in [-0.4, -0.2) is 29.6 Å². The SMILES string of the molecule is CCCC(=O)OC12CCCN(C1)/C(=C/c1ccc(C#N)cc1)C2. The minimum Gasteiger partial charge on any atom is -0.457 e. The molecule has 0 N–H and O–H groups in total. The number of piperidine rings is 1. The van der Waals surface area contributed by atoms with Crippen molar-refractivity contribution < 1.29 is 9.53 Å². The van der Waals surface area contributed by atoms with Gasteiger partial charge in [0.1, 0.15) is 5.60 Å². The van der Waals surface area contributed by atoms with Crippen molar-refractivity contribution in [1.29, 1.82) is 5.26 Å². The molecule has 0 amide bonds. The van der Waals surface area contributed by atoms with Gasteiger partial charge in [-0.25, -0.2) is 0 Å². The van der Waals surface area contributed by atoms with Crippen molar-refractivity contribution in [2.45, 2.75) is 44.6 Å². The number of hydrogen-bond donors (Lipinski definition) is 0. The molecule has 4 heteroatoms. The Morgan fingerprint density at radius 1 is 1.43 bits per heavy atom. The van der Waals surface area contributed by atoms with Crippen LogP contribution >= 0.6 is 0 Å². The minimum atomic E-state index is -0.330. The average molecular weight is 310 g/mol. The van der Waals surface area contributed by atoms with E-state index >= 15 is 0 Å². The van der Waals surface area contributed by atoms with Gasteiger partial charge in [0.2, 0.25) is 0 Å². The number of ether oxygens (including phenoxy) is 1. The molecule has 1 atom stereocenters. The molecule has 0 radical (unpaired) electrons. The van der Waals surface area contributed by atoms with Crippen LogP contribution in [0, 0.1) is 11.3 Å². The molecule has 0 aromatic heterocycles. The van der Waals surface area contributed by atoms with E-state index in [2.05, 4.69) is 17.0 Å². The van der Waals surface area contributed by atoms with E-state index < -0.39 is 0 Å². The summed E-state index contributed by atoms with van der Waals surface area (Å²) in [6.45, 7) is 3.83. The fourth-order valence-electron chi connectivity index (χ4n) is 3.53. The van der Waals surface area contributed by atoms with Crippen LogP contribution in [0.25, 0.3) is 6.08 Å². The lowest BCUT2D eigenvalue weighted by atomic mass is 9.94. The highest BCUT2D eigenvalue weighted by atomic mass is 16.6. The van der Waals surface area contributed by atoms with Crippen LogP contribution in [0.5, 0.6) is 0 Å². The number of carbonyl (C=O) groups excluding carboxylic acids is 1. The van der Waals surface area contributed by atoms with Crippen LogP contribution in [0.2, 0.25) is 0 Å². The van der Waals surface area contributed by atoms with Crippen molar-refractivity contribution in [2.24, 2.45) is 0 Å². The summed E-state index contributed by atoms with van der Waals surface area (Å²) < 4.78 is 5.85. The Labute approximate surface area is 137 Å². The first-order chi connectivity index (χ1) is 11.1. The maximum Gasteiger partial charge on any atom is 0.306 e. The van der Waals surface area contributed by atoms with E-state index in [0.29, 0.717) is 12.0 Å². The summed E-state index contributed by atoms with van der Waals surface area (Å²) in [6, 6.07) is 9.73. The van der Waals surface area contributed by atoms with Gasteiger partial charge in [-0.3, -0.25) is 4.79 Å². The van der Waals surface area contributed by atoms with Gasteiger partial charge in [0.15, 0.2) is 0 Å². The molecule has 2 fully saturated rings. The molecule has 0 saturated carbocycles. The Balaban J connectivity index is 1.77. The molecule has 2 aliphatic rings. The van der Waals surface area contributed by atoms with Gasteiger partial charge in [0.25, 0.3) is 0 Å². The number of nitriles is 1. The maximum absolute atomic E-state index is 11.9. The Morgan fingerprint density at radius 2 is 2.22 bits per heavy atom. The predicted octanol–water partition coefficient (Wildman–Crippen LogP) is 3.48. The van der Waals surface area contributed by atoms with E-state index in [1.807, 2.05) is 31.2 Å². The Kier molecular flexibility index (Phi) is 4.38. The lowest BCUT2D eigenvalue weighted by Crippen LogP contribution is -2.42. The molecule has 0 aliphatic carbocycles. The first-order valence-corrected chi connectivity index (χ1v) is 8.32. The van der Waals surface area contributed by atoms with Crippen molar-refractivity contribution in [2.75, 3.05) is 13.1 Å². The van der Waals surface area contributed by atoms with Crippen molar-refractivity contribution in [3.05, 3.63) is 41.1 Å². The number of hydrogen-bond acceptors (Lipinski definition) is 4. The lowest BCUT2D eigenvalue weighted by Gasteiger charge is -2.33. The topological polar surface area (TPSA) is 53.3 Å². The summed E-state index contributed by atoms with van der Waals surface area (Å²) in [5.41, 5.74) is 2.66. The first kappa shape index (κ1) is 15.6. The van der Waals surface area contributed by atoms with Gasteiger partial charge >= 0.3 is 5.97 Å². The van der Waals surface area contributed by atoms with Gasteiger partial charge in [0, 0.05) is 25.1 Å². The van der Waals surface area contributed by atoms with E-state index in [1.165, 1.54) is 5.70 Å². The molecule has 23 heavy (non-hydrogen) atoms. The van der Waals surface area contributed by atoms with Crippen molar-refractivity contribution >= 4 is 12.0 Å². The molecule has 2 aliphatic heterocycles. The largest absolute Gasteiger partial charge is 0.457 e. The molecule has 1 unspecified atom stereocenters. The van der Waals surface area contributed by atoms with Crippen LogP contribution in [0.1, 0.15) is 50.2 Å². The van der Waals surface area contributed by atoms with Crippen LogP contribution < -0.4 is 0 Å². The van der Waals surface area contributed by atoms with E-state index in [9.17, 15) is 4.79 Å². The molecule has 2 bridgehead atoms. The molecular weight excluding hydrogens is 288 g/mol. The molecular formula is C19H22N2O2. The third-order valence-electron chi connectivity index (χ3n) is 4.61. The fraction of sp³-hybridized carbons (Fsp3) is 0.474. The highest BCUT2D eigenvalue weighted by molar-refractivity contribution is 5.70. The van der Waals surface area contributed by atoms with E-state index in [1.54, 1.807) is 0 Å². The number of fused-ring (bicyclic) bond motifs is 2. The minimum absolute atomic E-state index is 0.0750. The van der Waals surface area contributed by atoms with Crippen molar-refractivity contribution in [3.63, 3.8) is 0 Å². The van der Waals surface area contributed by atoms with Crippen LogP contribution in [0.15, 0.2) is 30.0 Å². The second-order valence-electron chi connectivity index (χ2n) is 6.48. The second-order valence-corrected chi connectivity index (χ2v) is 6.48. The number of benzene rings is 1. The Hall–Kier alpha value is -2.28. The molecule has 1 aromatic rings. The van der Waals surface area contributed by atoms with Crippen molar-refractivity contribution in [1.82, 2.24) is 4.90 Å². The summed E-state index contributed by atoms with van der Waals surface area (Å²) in [6.07, 6.45) is 6.28. The smallest absolute Gasteiger partial charge is 0.306 e. The maximum atomic E-state index is 11.9. The quantitative estimate of drug-likeness (QED) is 0.799. The van der Waals surface area contributed by atoms with Gasteiger partial charge in [0.05, 0.1) is 18.2 Å². The van der Waals surface area contributed by atoms with Crippen LogP contribution in [-0.2, 0) is 9.53 Å². The van der Waals surface area contributed by atoms with Crippen LogP contribution in [0.3, 0.4) is 0 Å². The third-order valence-corrected chi connectivity index (χ3v) is 4.61. The van der Waals surface area contributed by atoms with E-state index in [0.717, 1.165) is 44.3 Å². The normalized spacial score (nSPS) is 24.5. The zero-order valence-electron chi connectivity index (χ0n) is 13.5. The van der Waals surface area contributed by atoms with Gasteiger partial charge in [-0.1, -0.05) is 19.1 Å². The summed E-state index contributed by atoms with van der Waals surface area (Å²) >= 11 is 0. The zero-order chi connectivity index (χ0) is 16.3. The molecule has 120 valence electrons. The average Bonchev–Trinajstić information content (AvgIpc) is 2.78. The molecule has 0 spiro atoms. The summed E-state index contributed by atoms with van der Waals surface area (Å²) in [4.78, 5) is 14.3. The van der Waals surface area contributed by atoms with Crippen molar-refractivity contribution in [3.8, 4) is 6.07 Å². The zero-order valence-corrected chi connectivity index (χ0v) is 13.5. The molecule has 3 rings (SSSR count). The number of nitrogens with zero attached hydrogens (tertiary/aromatic N) is 2. The number of rotatable bonds is 4. The first-order valence-electron chi connectivity index (χ1n) is 8.32. The molecule has 2 heterocycles. The standard InChI is InChI=1S/C19H22N2O2/c1-2-4-18(22)23-19-9-3-10-21(14-19)17(12-19)11-15-5-7-16(13-20)8-6-15/h5-8,11H,2-4,9-10,12,14H2,1H3/b17-11+. The number of carbonyl (C=O) groups is 1. The monoisotopic (exact) mass is 310 g/mol. The van der Waals surface area contributed by atoms with Gasteiger partial charge in [-0.05, 0) is 43.0 Å². The predicted molar refractivity (Wildman–Crippen MR) is 88.3 cm³/mol. The summed E-state index contributed by atoms with van der Waals surface area (Å²) in [5.74, 6) is -0.0750. The summed E-state index contributed by atoms with van der Waals surface area (Å²) in [5, 5.41) is 8.88. The molecule has 2 saturated heterocycles. The van der Waals surface area contributed by atoms with Gasteiger partial charge in [-0.15, -0.1) is 0 Å². The van der Waals surface area contributed by atoms with Crippen LogP contribution in [0.4, 0.5) is 0 Å². The Morgan fingerprint density at radius 3 is 2.91 bits per heavy atom. The van der Waals surface area contributed by atoms with E-state index in [-0.39, 0.29) is 11.6 Å². The second kappa shape index (κ2) is 6.45. The molecule has 1 aromatic carbocycles. The highest BCUT2D eigenvalue weighted by Crippen LogP contribution is 2.41. The summed E-state index contributed by atoms with van der Waals surface area (Å²) in [7, 11) is 0. The number of esters is 1. The van der Waals surface area contributed by atoms with E-state index in [4.69, 9.17) is 10.00 Å². The third kappa shape index (κ3) is 3.39. The Bertz CT molecular complexity index is 657. The highest BCUT2D eigenvalue weighted by Gasteiger charge is 2.46. The lowest BCUT2D eigenvalue weighted by molar-refractivity contribution is -0.160. The van der Waals surface area contributed by atoms with Gasteiger partial charge in [-0.2, -0.15) is 5.26 Å².